The Morgan fingerprint density at radius 2 is 1.86 bits per heavy atom. The monoisotopic (exact) mass is 538 g/mol. The Morgan fingerprint density at radius 1 is 1.06 bits per heavy atom. The van der Waals surface area contributed by atoms with Crippen LogP contribution in [0.2, 0.25) is 0 Å². The maximum Gasteiger partial charge on any atom is 0.00683 e. The molecular weight excluding hydrogens is 500 g/mol. The number of hydrogen-bond acceptors (Lipinski definition) is 0. The summed E-state index contributed by atoms with van der Waals surface area (Å²) in [6.45, 7) is 9.09. The Bertz CT molecular complexity index is 1230. The quantitative estimate of drug-likeness (QED) is 0.302. The second-order valence-corrected chi connectivity index (χ2v) is 11.2. The molecule has 0 spiro atoms. The van der Waals surface area contributed by atoms with Crippen LogP contribution in [0.15, 0.2) is 129 Å². The Labute approximate surface area is 227 Å². The van der Waals surface area contributed by atoms with E-state index in [0.29, 0.717) is 11.8 Å². The van der Waals surface area contributed by atoms with Crippen LogP contribution in [0.3, 0.4) is 0 Å². The van der Waals surface area contributed by atoms with E-state index in [9.17, 15) is 0 Å². The fourth-order valence-electron chi connectivity index (χ4n) is 5.32. The van der Waals surface area contributed by atoms with Crippen molar-refractivity contribution in [2.24, 2.45) is 11.8 Å². The van der Waals surface area contributed by atoms with Crippen molar-refractivity contribution in [3.8, 4) is 0 Å². The van der Waals surface area contributed by atoms with Gasteiger partial charge in [-0.1, -0.05) is 126 Å². The molecule has 2 unspecified atom stereocenters. The van der Waals surface area contributed by atoms with E-state index < -0.39 is 0 Å². The third-order valence-electron chi connectivity index (χ3n) is 7.55. The van der Waals surface area contributed by atoms with Crippen molar-refractivity contribution in [1.29, 1.82) is 0 Å². The van der Waals surface area contributed by atoms with Crippen LogP contribution in [0, 0.1) is 11.8 Å². The van der Waals surface area contributed by atoms with Crippen LogP contribution in [-0.4, -0.2) is 0 Å². The number of hydrogen-bond donors (Lipinski definition) is 0. The first-order valence-corrected chi connectivity index (χ1v) is 14.2. The van der Waals surface area contributed by atoms with E-state index in [4.69, 9.17) is 0 Å². The molecule has 4 rings (SSSR count). The molecule has 3 aliphatic rings. The smallest absolute Gasteiger partial charge is 0.00683 e. The molecule has 2 atom stereocenters. The van der Waals surface area contributed by atoms with Gasteiger partial charge in [-0.05, 0) is 95.4 Å². The van der Waals surface area contributed by atoms with E-state index in [2.05, 4.69) is 135 Å². The zero-order valence-electron chi connectivity index (χ0n) is 22.2. The van der Waals surface area contributed by atoms with Gasteiger partial charge in [-0.3, -0.25) is 0 Å². The molecule has 186 valence electrons. The molecule has 0 saturated heterocycles. The van der Waals surface area contributed by atoms with Crippen molar-refractivity contribution >= 4 is 21.5 Å². The van der Waals surface area contributed by atoms with E-state index in [1.54, 1.807) is 0 Å². The largest absolute Gasteiger partial charge is 0.0839 e. The highest BCUT2D eigenvalue weighted by Crippen LogP contribution is 2.44. The Kier molecular flexibility index (Phi) is 9.21. The summed E-state index contributed by atoms with van der Waals surface area (Å²) in [7, 11) is 0. The molecular formula is C35H39Br. The van der Waals surface area contributed by atoms with Gasteiger partial charge in [-0.25, -0.2) is 0 Å². The summed E-state index contributed by atoms with van der Waals surface area (Å²) < 4.78 is 1.23. The molecule has 0 aromatic heterocycles. The third-order valence-corrected chi connectivity index (χ3v) is 8.38. The van der Waals surface area contributed by atoms with E-state index in [-0.39, 0.29) is 0 Å². The van der Waals surface area contributed by atoms with Crippen molar-refractivity contribution in [3.63, 3.8) is 0 Å². The standard InChI is InChI=1S/C35H39Br/c1-5-31(36)24-19-25(2)28-20-22-30(23-21-28)34(29-15-7-6-8-16-29)35(32-17-11-9-13-26(32)3)33-18-12-10-14-27(33)4/h6-9,11-12,15-22,24,26,30H,5,10,13-14,23H2,1-4H3/b25-19+,31-24+,35-34-. The summed E-state index contributed by atoms with van der Waals surface area (Å²) in [5, 5.41) is 0. The van der Waals surface area contributed by atoms with E-state index in [1.165, 1.54) is 49.1 Å². The van der Waals surface area contributed by atoms with Gasteiger partial charge in [0.25, 0.3) is 0 Å². The zero-order valence-corrected chi connectivity index (χ0v) is 23.8. The molecule has 0 saturated carbocycles. The maximum atomic E-state index is 3.64. The van der Waals surface area contributed by atoms with Gasteiger partial charge in [0, 0.05) is 5.92 Å². The van der Waals surface area contributed by atoms with Gasteiger partial charge in [0.1, 0.15) is 0 Å². The molecule has 36 heavy (non-hydrogen) atoms. The summed E-state index contributed by atoms with van der Waals surface area (Å²) in [5.74, 6) is 0.846. The second-order valence-electron chi connectivity index (χ2n) is 10.2. The molecule has 0 fully saturated rings. The predicted molar refractivity (Wildman–Crippen MR) is 162 cm³/mol. The number of allylic oxidation sites excluding steroid dienone is 18. The lowest BCUT2D eigenvalue weighted by Gasteiger charge is -2.30. The maximum absolute atomic E-state index is 3.64. The minimum absolute atomic E-state index is 0.339. The van der Waals surface area contributed by atoms with Gasteiger partial charge in [0.05, 0.1) is 0 Å². The van der Waals surface area contributed by atoms with Gasteiger partial charge in [0.15, 0.2) is 0 Å². The lowest BCUT2D eigenvalue weighted by molar-refractivity contribution is 0.692. The lowest BCUT2D eigenvalue weighted by atomic mass is 9.73. The summed E-state index contributed by atoms with van der Waals surface area (Å²) in [5.41, 5.74) is 11.3. The highest BCUT2D eigenvalue weighted by molar-refractivity contribution is 9.11. The summed E-state index contributed by atoms with van der Waals surface area (Å²) in [4.78, 5) is 0. The van der Waals surface area contributed by atoms with Crippen LogP contribution in [0.4, 0.5) is 0 Å². The van der Waals surface area contributed by atoms with Gasteiger partial charge in [-0.2, -0.15) is 0 Å². The summed E-state index contributed by atoms with van der Waals surface area (Å²) in [6.07, 6.45) is 28.7. The average Bonchev–Trinajstić information content (AvgIpc) is 2.92. The lowest BCUT2D eigenvalue weighted by Crippen LogP contribution is -2.14. The molecule has 1 aromatic carbocycles. The van der Waals surface area contributed by atoms with Gasteiger partial charge < -0.3 is 0 Å². The van der Waals surface area contributed by atoms with Gasteiger partial charge in [-0.15, -0.1) is 0 Å². The average molecular weight is 540 g/mol. The van der Waals surface area contributed by atoms with E-state index >= 15 is 0 Å². The SMILES string of the molecule is CC/C(Br)=C\C=C(/C)C1=CCC(/C(=C(/C2=CC=CCC2C)C2=C(C)CCC=C2)c2ccccc2)C=C1. The van der Waals surface area contributed by atoms with Crippen LogP contribution >= 0.6 is 15.9 Å². The highest BCUT2D eigenvalue weighted by atomic mass is 79.9. The summed E-state index contributed by atoms with van der Waals surface area (Å²) >= 11 is 3.64. The second kappa shape index (κ2) is 12.5. The third kappa shape index (κ3) is 6.19. The fraction of sp³-hybridized carbons (Fsp3) is 0.314. The molecule has 3 aliphatic carbocycles. The molecule has 0 aliphatic heterocycles. The van der Waals surface area contributed by atoms with Crippen LogP contribution in [0.1, 0.15) is 65.4 Å². The molecule has 0 bridgehead atoms. The molecule has 1 heteroatoms. The summed E-state index contributed by atoms with van der Waals surface area (Å²) in [6, 6.07) is 11.1. The minimum Gasteiger partial charge on any atom is -0.0839 e. The number of rotatable bonds is 7. The van der Waals surface area contributed by atoms with E-state index in [1.807, 2.05) is 0 Å². The first-order chi connectivity index (χ1) is 17.5. The minimum atomic E-state index is 0.339. The Balaban J connectivity index is 1.85. The predicted octanol–water partition coefficient (Wildman–Crippen LogP) is 10.8. The van der Waals surface area contributed by atoms with Gasteiger partial charge in [0.2, 0.25) is 0 Å². The van der Waals surface area contributed by atoms with Crippen molar-refractivity contribution in [2.45, 2.75) is 59.8 Å². The molecule has 0 nitrogen and oxygen atoms in total. The first-order valence-electron chi connectivity index (χ1n) is 13.4. The van der Waals surface area contributed by atoms with Crippen LogP contribution in [0.5, 0.6) is 0 Å². The normalized spacial score (nSPS) is 23.5. The van der Waals surface area contributed by atoms with E-state index in [0.717, 1.165) is 32.1 Å². The topological polar surface area (TPSA) is 0 Å². The van der Waals surface area contributed by atoms with Crippen molar-refractivity contribution in [1.82, 2.24) is 0 Å². The van der Waals surface area contributed by atoms with Crippen LogP contribution in [-0.2, 0) is 0 Å². The molecule has 0 N–H and O–H groups in total. The fourth-order valence-corrected chi connectivity index (χ4v) is 5.46. The van der Waals surface area contributed by atoms with Crippen LogP contribution < -0.4 is 0 Å². The Hall–Kier alpha value is -2.64. The Morgan fingerprint density at radius 3 is 2.53 bits per heavy atom. The van der Waals surface area contributed by atoms with Gasteiger partial charge >= 0.3 is 0 Å². The molecule has 0 radical (unpaired) electrons. The van der Waals surface area contributed by atoms with Crippen LogP contribution in [0.25, 0.3) is 5.57 Å². The van der Waals surface area contributed by atoms with Crippen molar-refractivity contribution in [2.75, 3.05) is 0 Å². The van der Waals surface area contributed by atoms with Crippen molar-refractivity contribution < 1.29 is 0 Å². The number of benzene rings is 1. The first kappa shape index (κ1) is 26.4. The zero-order chi connectivity index (χ0) is 25.5. The highest BCUT2D eigenvalue weighted by Gasteiger charge is 2.27. The molecule has 0 amide bonds. The molecule has 1 aromatic rings. The number of halogens is 1. The molecule has 0 heterocycles. The van der Waals surface area contributed by atoms with Crippen molar-refractivity contribution in [3.05, 3.63) is 135 Å².